The van der Waals surface area contributed by atoms with Crippen molar-refractivity contribution < 1.29 is 23.1 Å². The molecule has 1 fully saturated rings. The van der Waals surface area contributed by atoms with Crippen LogP contribution in [-0.4, -0.2) is 68.6 Å². The second-order valence-electron chi connectivity index (χ2n) is 7.58. The van der Waals surface area contributed by atoms with Gasteiger partial charge < -0.3 is 14.7 Å². The number of ether oxygens (including phenoxy) is 1. The number of aliphatic hydroxyl groups is 1. The minimum absolute atomic E-state index is 0.0507. The van der Waals surface area contributed by atoms with Crippen LogP contribution < -0.4 is 0 Å². The van der Waals surface area contributed by atoms with Crippen LogP contribution >= 0.6 is 23.2 Å². The van der Waals surface area contributed by atoms with Gasteiger partial charge in [-0.1, -0.05) is 35.3 Å². The Hall–Kier alpha value is -2.10. The van der Waals surface area contributed by atoms with E-state index >= 15 is 0 Å². The topological polar surface area (TPSA) is 87.1 Å². The fourth-order valence-corrected chi connectivity index (χ4v) is 5.83. The van der Waals surface area contributed by atoms with Crippen molar-refractivity contribution in [1.82, 2.24) is 9.80 Å². The number of morpholine rings is 1. The van der Waals surface area contributed by atoms with Crippen LogP contribution in [0.2, 0.25) is 10.0 Å². The molecule has 1 atom stereocenters. The smallest absolute Gasteiger partial charge is 0.290 e. The molecular weight excluding hydrogens is 475 g/mol. The molecule has 4 rings (SSSR count). The van der Waals surface area contributed by atoms with Crippen molar-refractivity contribution in [3.63, 3.8) is 0 Å². The van der Waals surface area contributed by atoms with Gasteiger partial charge in [-0.05, 0) is 42.0 Å². The van der Waals surface area contributed by atoms with Crippen LogP contribution in [0.15, 0.2) is 64.1 Å². The molecule has 2 aromatic rings. The van der Waals surface area contributed by atoms with E-state index in [1.807, 2.05) is 0 Å². The largest absolute Gasteiger partial charge is 0.502 e. The molecule has 0 aromatic heterocycles. The number of rotatable bonds is 6. The third-order valence-electron chi connectivity index (χ3n) is 5.62. The van der Waals surface area contributed by atoms with Crippen LogP contribution in [-0.2, 0) is 19.4 Å². The van der Waals surface area contributed by atoms with E-state index in [0.29, 0.717) is 35.4 Å². The van der Waals surface area contributed by atoms with E-state index in [9.17, 15) is 18.3 Å². The van der Waals surface area contributed by atoms with E-state index in [0.717, 1.165) is 13.1 Å². The highest BCUT2D eigenvalue weighted by atomic mass is 35.5. The van der Waals surface area contributed by atoms with Crippen LogP contribution in [0, 0.1) is 0 Å². The lowest BCUT2D eigenvalue weighted by atomic mass is 10.1. The highest BCUT2D eigenvalue weighted by Gasteiger charge is 2.46. The number of carbonyl (C=O) groups is 1. The van der Waals surface area contributed by atoms with Gasteiger partial charge in [0.2, 0.25) is 9.84 Å². The zero-order valence-electron chi connectivity index (χ0n) is 17.1. The van der Waals surface area contributed by atoms with Crippen LogP contribution in [0.1, 0.15) is 11.6 Å². The predicted molar refractivity (Wildman–Crippen MR) is 121 cm³/mol. The molecule has 0 spiro atoms. The van der Waals surface area contributed by atoms with Gasteiger partial charge in [-0.15, -0.1) is 0 Å². The lowest BCUT2D eigenvalue weighted by Gasteiger charge is -2.31. The van der Waals surface area contributed by atoms with Crippen molar-refractivity contribution in [2.75, 3.05) is 39.4 Å². The number of hydrogen-bond acceptors (Lipinski definition) is 6. The average molecular weight is 497 g/mol. The van der Waals surface area contributed by atoms with Gasteiger partial charge >= 0.3 is 0 Å². The first-order valence-corrected chi connectivity index (χ1v) is 12.3. The molecule has 2 heterocycles. The fourth-order valence-electron chi connectivity index (χ4n) is 3.93. The average Bonchev–Trinajstić information content (AvgIpc) is 3.04. The zero-order valence-corrected chi connectivity index (χ0v) is 19.4. The Morgan fingerprint density at radius 1 is 0.938 bits per heavy atom. The first-order valence-electron chi connectivity index (χ1n) is 10.1. The third kappa shape index (κ3) is 4.51. The first kappa shape index (κ1) is 23.1. The van der Waals surface area contributed by atoms with Gasteiger partial charge in [0.1, 0.15) is 4.91 Å². The molecule has 32 heavy (non-hydrogen) atoms. The van der Waals surface area contributed by atoms with Crippen molar-refractivity contribution in [2.24, 2.45) is 0 Å². The normalized spacial score (nSPS) is 20.2. The number of hydrogen-bond donors (Lipinski definition) is 1. The second kappa shape index (κ2) is 9.41. The van der Waals surface area contributed by atoms with E-state index in [4.69, 9.17) is 27.9 Å². The van der Waals surface area contributed by atoms with Crippen molar-refractivity contribution in [2.45, 2.75) is 10.9 Å². The highest BCUT2D eigenvalue weighted by Crippen LogP contribution is 2.42. The summed E-state index contributed by atoms with van der Waals surface area (Å²) in [5.41, 5.74) is 0.543. The molecule has 0 radical (unpaired) electrons. The van der Waals surface area contributed by atoms with Gasteiger partial charge in [0.15, 0.2) is 5.76 Å². The standard InChI is InChI=1S/C22H22Cl2N2O5S/c23-16-3-1-15(2-4-16)19-21(32(29,30)18-7-5-17(24)6-8-18)20(27)22(28)26(19)10-9-25-11-13-31-14-12-25/h1-8,19,27H,9-14H2. The quantitative estimate of drug-likeness (QED) is 0.658. The summed E-state index contributed by atoms with van der Waals surface area (Å²) in [6.07, 6.45) is 0. The Morgan fingerprint density at radius 3 is 2.09 bits per heavy atom. The van der Waals surface area contributed by atoms with Crippen molar-refractivity contribution in [3.05, 3.63) is 74.8 Å². The maximum absolute atomic E-state index is 13.5. The molecule has 10 heteroatoms. The van der Waals surface area contributed by atoms with Crippen LogP contribution in [0.4, 0.5) is 0 Å². The molecule has 1 amide bonds. The Kier molecular flexibility index (Phi) is 6.78. The SMILES string of the molecule is O=C1C(O)=C(S(=O)(=O)c2ccc(Cl)cc2)C(c2ccc(Cl)cc2)N1CCN1CCOCC1. The van der Waals surface area contributed by atoms with Crippen molar-refractivity contribution in [1.29, 1.82) is 0 Å². The number of sulfone groups is 1. The zero-order chi connectivity index (χ0) is 22.9. The molecule has 2 aliphatic heterocycles. The van der Waals surface area contributed by atoms with Gasteiger partial charge in [-0.3, -0.25) is 9.69 Å². The van der Waals surface area contributed by atoms with Crippen LogP contribution in [0.25, 0.3) is 0 Å². The van der Waals surface area contributed by atoms with E-state index in [1.165, 1.54) is 29.2 Å². The summed E-state index contributed by atoms with van der Waals surface area (Å²) >= 11 is 11.9. The molecule has 2 aromatic carbocycles. The summed E-state index contributed by atoms with van der Waals surface area (Å²) in [6, 6.07) is 11.2. The first-order chi connectivity index (χ1) is 15.3. The van der Waals surface area contributed by atoms with E-state index in [1.54, 1.807) is 24.3 Å². The highest BCUT2D eigenvalue weighted by molar-refractivity contribution is 7.95. The monoisotopic (exact) mass is 496 g/mol. The van der Waals surface area contributed by atoms with Crippen LogP contribution in [0.3, 0.4) is 0 Å². The van der Waals surface area contributed by atoms with Crippen molar-refractivity contribution in [3.8, 4) is 0 Å². The summed E-state index contributed by atoms with van der Waals surface area (Å²) in [4.78, 5) is 16.2. The molecule has 1 saturated heterocycles. The summed E-state index contributed by atoms with van der Waals surface area (Å²) in [5, 5.41) is 11.6. The molecule has 0 bridgehead atoms. The predicted octanol–water partition coefficient (Wildman–Crippen LogP) is 3.45. The molecule has 170 valence electrons. The second-order valence-corrected chi connectivity index (χ2v) is 10.4. The van der Waals surface area contributed by atoms with Crippen molar-refractivity contribution >= 4 is 38.9 Å². The van der Waals surface area contributed by atoms with Gasteiger partial charge in [0.25, 0.3) is 5.91 Å². The third-order valence-corrected chi connectivity index (χ3v) is 8.01. The van der Waals surface area contributed by atoms with Gasteiger partial charge in [-0.25, -0.2) is 8.42 Å². The fraction of sp³-hybridized carbons (Fsp3) is 0.318. The molecule has 0 aliphatic carbocycles. The molecule has 2 aliphatic rings. The maximum Gasteiger partial charge on any atom is 0.290 e. The number of halogens is 2. The summed E-state index contributed by atoms with van der Waals surface area (Å²) in [5.74, 6) is -1.48. The number of amides is 1. The molecule has 0 saturated carbocycles. The van der Waals surface area contributed by atoms with E-state index in [2.05, 4.69) is 4.90 Å². The summed E-state index contributed by atoms with van der Waals surface area (Å²) in [7, 11) is -4.18. The Labute approximate surface area is 196 Å². The van der Waals surface area contributed by atoms with E-state index < -0.39 is 27.5 Å². The van der Waals surface area contributed by atoms with Gasteiger partial charge in [-0.2, -0.15) is 0 Å². The number of carbonyl (C=O) groups excluding carboxylic acids is 1. The summed E-state index contributed by atoms with van der Waals surface area (Å²) in [6.45, 7) is 3.44. The van der Waals surface area contributed by atoms with E-state index in [-0.39, 0.29) is 16.3 Å². The Morgan fingerprint density at radius 2 is 1.50 bits per heavy atom. The maximum atomic E-state index is 13.5. The minimum Gasteiger partial charge on any atom is -0.502 e. The molecule has 1 N–H and O–H groups in total. The Bertz CT molecular complexity index is 1130. The lowest BCUT2D eigenvalue weighted by molar-refractivity contribution is -0.129. The number of benzene rings is 2. The molecule has 1 unspecified atom stereocenters. The van der Waals surface area contributed by atoms with Gasteiger partial charge in [0.05, 0.1) is 24.2 Å². The van der Waals surface area contributed by atoms with Crippen LogP contribution in [0.5, 0.6) is 0 Å². The van der Waals surface area contributed by atoms with Gasteiger partial charge in [0, 0.05) is 36.2 Å². The number of aliphatic hydroxyl groups excluding tert-OH is 1. The summed E-state index contributed by atoms with van der Waals surface area (Å²) < 4.78 is 32.4. The minimum atomic E-state index is -4.18. The molecule has 7 nitrogen and oxygen atoms in total. The number of nitrogens with zero attached hydrogens (tertiary/aromatic N) is 2. The molecular formula is C22H22Cl2N2O5S. The lowest BCUT2D eigenvalue weighted by Crippen LogP contribution is -2.43. The Balaban J connectivity index is 1.73.